The molecule has 136 valence electrons. The Labute approximate surface area is 166 Å². The first-order valence-corrected chi connectivity index (χ1v) is 9.10. The molecule has 0 fully saturated rings. The largest absolute Gasteiger partial charge is 0.422 e. The number of carbonyl (C=O) groups is 1. The molecule has 0 aliphatic rings. The summed E-state index contributed by atoms with van der Waals surface area (Å²) in [4.78, 5) is 25.8. The highest BCUT2D eigenvalue weighted by molar-refractivity contribution is 6.30. The van der Waals surface area contributed by atoms with Gasteiger partial charge in [-0.15, -0.1) is 0 Å². The molecule has 0 saturated heterocycles. The van der Waals surface area contributed by atoms with Crippen molar-refractivity contribution in [2.24, 2.45) is 0 Å². The highest BCUT2D eigenvalue weighted by atomic mass is 35.5. The van der Waals surface area contributed by atoms with Gasteiger partial charge < -0.3 is 4.42 Å². The lowest BCUT2D eigenvalue weighted by atomic mass is 9.96. The summed E-state index contributed by atoms with van der Waals surface area (Å²) in [5.41, 5.74) is 1.69. The standard InChI is InChI=1S/C24H15ClO3/c25-18-13-10-16(11-14-18)12-15-20-19-8-4-5-9-21(19)28-24(27)22(20)23(26)17-6-2-1-3-7-17/h1-15H/b15-12+. The van der Waals surface area contributed by atoms with Crippen molar-refractivity contribution in [2.75, 3.05) is 0 Å². The quantitative estimate of drug-likeness (QED) is 0.326. The fourth-order valence-corrected chi connectivity index (χ4v) is 3.18. The topological polar surface area (TPSA) is 47.3 Å². The molecule has 0 radical (unpaired) electrons. The van der Waals surface area contributed by atoms with E-state index in [-0.39, 0.29) is 11.3 Å². The van der Waals surface area contributed by atoms with Gasteiger partial charge in [-0.2, -0.15) is 0 Å². The Morgan fingerprint density at radius 1 is 0.821 bits per heavy atom. The molecule has 1 heterocycles. The molecule has 0 unspecified atom stereocenters. The summed E-state index contributed by atoms with van der Waals surface area (Å²) in [7, 11) is 0. The van der Waals surface area contributed by atoms with Crippen molar-refractivity contribution in [1.82, 2.24) is 0 Å². The van der Waals surface area contributed by atoms with Gasteiger partial charge in [-0.1, -0.05) is 84.4 Å². The monoisotopic (exact) mass is 386 g/mol. The highest BCUT2D eigenvalue weighted by Gasteiger charge is 2.20. The molecule has 0 amide bonds. The Hall–Kier alpha value is -3.43. The van der Waals surface area contributed by atoms with E-state index in [1.165, 1.54) is 0 Å². The molecule has 0 saturated carbocycles. The van der Waals surface area contributed by atoms with Gasteiger partial charge in [-0.3, -0.25) is 4.79 Å². The fraction of sp³-hybridized carbons (Fsp3) is 0. The maximum absolute atomic E-state index is 13.1. The van der Waals surface area contributed by atoms with Gasteiger partial charge in [-0.25, -0.2) is 4.79 Å². The van der Waals surface area contributed by atoms with Crippen LogP contribution in [0, 0.1) is 0 Å². The Kier molecular flexibility index (Phi) is 4.92. The number of carbonyl (C=O) groups excluding carboxylic acids is 1. The van der Waals surface area contributed by atoms with Crippen molar-refractivity contribution < 1.29 is 9.21 Å². The van der Waals surface area contributed by atoms with Crippen molar-refractivity contribution in [3.8, 4) is 0 Å². The summed E-state index contributed by atoms with van der Waals surface area (Å²) >= 11 is 5.94. The molecule has 4 rings (SSSR count). The summed E-state index contributed by atoms with van der Waals surface area (Å²) in [6, 6.07) is 23.2. The molecule has 0 atom stereocenters. The first kappa shape index (κ1) is 18.0. The minimum Gasteiger partial charge on any atom is -0.422 e. The van der Waals surface area contributed by atoms with Crippen molar-refractivity contribution in [2.45, 2.75) is 0 Å². The fourth-order valence-electron chi connectivity index (χ4n) is 3.05. The average molecular weight is 387 g/mol. The van der Waals surface area contributed by atoms with Crippen LogP contribution in [0.4, 0.5) is 0 Å². The van der Waals surface area contributed by atoms with E-state index in [1.54, 1.807) is 54.6 Å². The molecule has 0 aliphatic heterocycles. The second-order valence-corrected chi connectivity index (χ2v) is 6.69. The van der Waals surface area contributed by atoms with Crippen LogP contribution in [0.1, 0.15) is 27.0 Å². The van der Waals surface area contributed by atoms with Gasteiger partial charge in [0.2, 0.25) is 5.78 Å². The third-order valence-electron chi connectivity index (χ3n) is 4.43. The third kappa shape index (κ3) is 3.53. The highest BCUT2D eigenvalue weighted by Crippen LogP contribution is 2.24. The second kappa shape index (κ2) is 7.67. The van der Waals surface area contributed by atoms with Gasteiger partial charge in [-0.05, 0) is 23.8 Å². The Morgan fingerprint density at radius 2 is 1.50 bits per heavy atom. The van der Waals surface area contributed by atoms with Gasteiger partial charge in [0.25, 0.3) is 0 Å². The summed E-state index contributed by atoms with van der Waals surface area (Å²) < 4.78 is 5.42. The summed E-state index contributed by atoms with van der Waals surface area (Å²) in [5, 5.41) is 1.34. The lowest BCUT2D eigenvalue weighted by molar-refractivity contribution is 0.103. The van der Waals surface area contributed by atoms with Crippen LogP contribution >= 0.6 is 11.6 Å². The molecular weight excluding hydrogens is 372 g/mol. The van der Waals surface area contributed by atoms with Gasteiger partial charge >= 0.3 is 5.63 Å². The Bertz CT molecular complexity index is 1240. The van der Waals surface area contributed by atoms with Crippen LogP contribution in [0.5, 0.6) is 0 Å². The minimum atomic E-state index is -0.650. The zero-order chi connectivity index (χ0) is 19.5. The number of halogens is 1. The number of hydrogen-bond acceptors (Lipinski definition) is 3. The van der Waals surface area contributed by atoms with Gasteiger partial charge in [0.1, 0.15) is 11.1 Å². The molecular formula is C24H15ClO3. The van der Waals surface area contributed by atoms with E-state index >= 15 is 0 Å². The van der Waals surface area contributed by atoms with Crippen LogP contribution in [0.3, 0.4) is 0 Å². The van der Waals surface area contributed by atoms with E-state index in [9.17, 15) is 9.59 Å². The van der Waals surface area contributed by atoms with E-state index in [0.29, 0.717) is 27.1 Å². The number of ketones is 1. The predicted octanol–water partition coefficient (Wildman–Crippen LogP) is 5.85. The van der Waals surface area contributed by atoms with Crippen LogP contribution in [0.2, 0.25) is 5.02 Å². The molecule has 0 N–H and O–H groups in total. The first-order chi connectivity index (χ1) is 13.6. The molecule has 28 heavy (non-hydrogen) atoms. The van der Waals surface area contributed by atoms with E-state index in [4.69, 9.17) is 16.0 Å². The summed E-state index contributed by atoms with van der Waals surface area (Å²) in [6.07, 6.45) is 3.62. The first-order valence-electron chi connectivity index (χ1n) is 8.73. The Morgan fingerprint density at radius 3 is 2.25 bits per heavy atom. The normalized spacial score (nSPS) is 11.2. The van der Waals surface area contributed by atoms with E-state index in [0.717, 1.165) is 5.56 Å². The number of benzene rings is 3. The zero-order valence-corrected chi connectivity index (χ0v) is 15.5. The van der Waals surface area contributed by atoms with Crippen LogP contribution in [0.15, 0.2) is 88.1 Å². The van der Waals surface area contributed by atoms with Crippen LogP contribution in [-0.4, -0.2) is 5.78 Å². The summed E-state index contributed by atoms with van der Waals surface area (Å²) in [6.45, 7) is 0. The van der Waals surface area contributed by atoms with Gasteiger partial charge in [0, 0.05) is 21.5 Å². The van der Waals surface area contributed by atoms with Crippen molar-refractivity contribution in [1.29, 1.82) is 0 Å². The van der Waals surface area contributed by atoms with Crippen LogP contribution < -0.4 is 5.63 Å². The SMILES string of the molecule is O=C(c1ccccc1)c1c(/C=C/c2ccc(Cl)cc2)c2ccccc2oc1=O. The van der Waals surface area contributed by atoms with Crippen LogP contribution in [0.25, 0.3) is 23.1 Å². The molecule has 1 aromatic heterocycles. The van der Waals surface area contributed by atoms with Crippen molar-refractivity contribution >= 4 is 40.5 Å². The molecule has 0 aliphatic carbocycles. The van der Waals surface area contributed by atoms with Crippen molar-refractivity contribution in [3.05, 3.63) is 117 Å². The molecule has 0 bridgehead atoms. The number of fused-ring (bicyclic) bond motifs is 1. The van der Waals surface area contributed by atoms with E-state index in [2.05, 4.69) is 0 Å². The molecule has 4 aromatic rings. The number of para-hydroxylation sites is 1. The zero-order valence-electron chi connectivity index (χ0n) is 14.8. The van der Waals surface area contributed by atoms with Gasteiger partial charge in [0.15, 0.2) is 0 Å². The third-order valence-corrected chi connectivity index (χ3v) is 4.68. The lowest BCUT2D eigenvalue weighted by Crippen LogP contribution is -2.17. The lowest BCUT2D eigenvalue weighted by Gasteiger charge is -2.08. The molecule has 3 aromatic carbocycles. The minimum absolute atomic E-state index is 0.0233. The van der Waals surface area contributed by atoms with E-state index in [1.807, 2.05) is 36.4 Å². The smallest absolute Gasteiger partial charge is 0.348 e. The van der Waals surface area contributed by atoms with E-state index < -0.39 is 5.63 Å². The number of hydrogen-bond donors (Lipinski definition) is 0. The average Bonchev–Trinajstić information content (AvgIpc) is 2.73. The van der Waals surface area contributed by atoms with Gasteiger partial charge in [0.05, 0.1) is 0 Å². The van der Waals surface area contributed by atoms with Crippen molar-refractivity contribution in [3.63, 3.8) is 0 Å². The second-order valence-electron chi connectivity index (χ2n) is 6.25. The summed E-state index contributed by atoms with van der Waals surface area (Å²) in [5.74, 6) is -0.365. The Balaban J connectivity index is 1.92. The maximum Gasteiger partial charge on any atom is 0.348 e. The molecule has 0 spiro atoms. The molecule has 3 nitrogen and oxygen atoms in total. The number of rotatable bonds is 4. The predicted molar refractivity (Wildman–Crippen MR) is 113 cm³/mol. The molecule has 4 heteroatoms. The maximum atomic E-state index is 13.1. The van der Waals surface area contributed by atoms with Crippen LogP contribution in [-0.2, 0) is 0 Å².